The van der Waals surface area contributed by atoms with Gasteiger partial charge in [-0.2, -0.15) is 5.26 Å². The van der Waals surface area contributed by atoms with Gasteiger partial charge in [-0.05, 0) is 38.3 Å². The summed E-state index contributed by atoms with van der Waals surface area (Å²) in [5.74, 6) is 0.760. The van der Waals surface area contributed by atoms with Crippen molar-refractivity contribution < 1.29 is 4.74 Å². The molecule has 1 rings (SSSR count). The zero-order valence-electron chi connectivity index (χ0n) is 8.25. The van der Waals surface area contributed by atoms with Crippen molar-refractivity contribution in [3.63, 3.8) is 0 Å². The van der Waals surface area contributed by atoms with Crippen LogP contribution >= 0.6 is 0 Å². The summed E-state index contributed by atoms with van der Waals surface area (Å²) < 4.78 is 5.41. The Morgan fingerprint density at radius 3 is 3.08 bits per heavy atom. The van der Waals surface area contributed by atoms with E-state index in [-0.39, 0.29) is 6.10 Å². The van der Waals surface area contributed by atoms with Crippen LogP contribution < -0.4 is 5.32 Å². The summed E-state index contributed by atoms with van der Waals surface area (Å²) >= 11 is 0. The quantitative estimate of drug-likeness (QED) is 0.697. The Hall–Kier alpha value is -0.590. The van der Waals surface area contributed by atoms with Crippen LogP contribution in [-0.2, 0) is 4.74 Å². The maximum Gasteiger partial charge on any atom is 0.143 e. The topological polar surface area (TPSA) is 45.0 Å². The Kier molecular flexibility index (Phi) is 4.81. The van der Waals surface area contributed by atoms with E-state index in [4.69, 9.17) is 10.00 Å². The molecule has 1 aliphatic heterocycles. The van der Waals surface area contributed by atoms with E-state index >= 15 is 0 Å². The van der Waals surface area contributed by atoms with Crippen molar-refractivity contribution in [1.29, 1.82) is 5.26 Å². The molecule has 1 saturated heterocycles. The van der Waals surface area contributed by atoms with Gasteiger partial charge in [0.25, 0.3) is 0 Å². The maximum absolute atomic E-state index is 8.63. The minimum atomic E-state index is -0.200. The monoisotopic (exact) mass is 182 g/mol. The normalized spacial score (nSPS) is 24.2. The van der Waals surface area contributed by atoms with Crippen molar-refractivity contribution in [1.82, 2.24) is 5.32 Å². The average Bonchev–Trinajstić information content (AvgIpc) is 2.65. The molecule has 0 aromatic carbocycles. The van der Waals surface area contributed by atoms with E-state index in [2.05, 4.69) is 11.4 Å². The van der Waals surface area contributed by atoms with Gasteiger partial charge in [0.1, 0.15) is 6.10 Å². The van der Waals surface area contributed by atoms with Crippen molar-refractivity contribution in [2.24, 2.45) is 5.92 Å². The van der Waals surface area contributed by atoms with Crippen molar-refractivity contribution in [3.05, 3.63) is 0 Å². The lowest BCUT2D eigenvalue weighted by Gasteiger charge is -2.11. The van der Waals surface area contributed by atoms with Gasteiger partial charge < -0.3 is 10.1 Å². The summed E-state index contributed by atoms with van der Waals surface area (Å²) in [6.07, 6.45) is 2.94. The van der Waals surface area contributed by atoms with E-state index in [1.807, 2.05) is 6.92 Å². The molecular weight excluding hydrogens is 164 g/mol. The summed E-state index contributed by atoms with van der Waals surface area (Å²) in [7, 11) is 0. The van der Waals surface area contributed by atoms with Gasteiger partial charge in [-0.15, -0.1) is 0 Å². The first-order valence-corrected chi connectivity index (χ1v) is 5.08. The molecule has 3 nitrogen and oxygen atoms in total. The Labute approximate surface area is 80.1 Å². The van der Waals surface area contributed by atoms with Crippen LogP contribution in [0, 0.1) is 17.2 Å². The minimum Gasteiger partial charge on any atom is -0.363 e. The van der Waals surface area contributed by atoms with Gasteiger partial charge >= 0.3 is 0 Å². The second-order valence-corrected chi connectivity index (χ2v) is 3.54. The van der Waals surface area contributed by atoms with E-state index in [1.165, 1.54) is 6.42 Å². The maximum atomic E-state index is 8.63. The predicted octanol–water partition coefficient (Wildman–Crippen LogP) is 1.30. The molecule has 74 valence electrons. The first-order chi connectivity index (χ1) is 6.36. The molecule has 0 aromatic heterocycles. The average molecular weight is 182 g/mol. The standard InChI is InChI=1S/C10H18N2O/c1-2-10(7-11)13-6-4-9-3-5-12-8-9/h9-10,12H,2-6,8H2,1H3. The van der Waals surface area contributed by atoms with Crippen molar-refractivity contribution >= 4 is 0 Å². The second kappa shape index (κ2) is 5.95. The summed E-state index contributed by atoms with van der Waals surface area (Å²) in [5.41, 5.74) is 0. The number of hydrogen-bond acceptors (Lipinski definition) is 3. The molecule has 2 atom stereocenters. The number of nitrogens with zero attached hydrogens (tertiary/aromatic N) is 1. The predicted molar refractivity (Wildman–Crippen MR) is 51.2 cm³/mol. The Balaban J connectivity index is 2.02. The lowest BCUT2D eigenvalue weighted by Crippen LogP contribution is -2.14. The van der Waals surface area contributed by atoms with E-state index in [1.54, 1.807) is 0 Å². The van der Waals surface area contributed by atoms with E-state index in [9.17, 15) is 0 Å². The highest BCUT2D eigenvalue weighted by molar-refractivity contribution is 4.82. The zero-order valence-corrected chi connectivity index (χ0v) is 8.25. The van der Waals surface area contributed by atoms with Crippen LogP contribution in [0.3, 0.4) is 0 Å². The van der Waals surface area contributed by atoms with Crippen LogP contribution in [0.1, 0.15) is 26.2 Å². The fraction of sp³-hybridized carbons (Fsp3) is 0.900. The lowest BCUT2D eigenvalue weighted by atomic mass is 10.1. The molecular formula is C10H18N2O. The zero-order chi connectivity index (χ0) is 9.52. The van der Waals surface area contributed by atoms with Crippen LogP contribution in [0.4, 0.5) is 0 Å². The van der Waals surface area contributed by atoms with E-state index in [0.29, 0.717) is 0 Å². The van der Waals surface area contributed by atoms with Crippen LogP contribution in [-0.4, -0.2) is 25.8 Å². The van der Waals surface area contributed by atoms with Gasteiger partial charge in [0.05, 0.1) is 6.07 Å². The molecule has 2 unspecified atom stereocenters. The largest absolute Gasteiger partial charge is 0.363 e. The first-order valence-electron chi connectivity index (χ1n) is 5.08. The molecule has 1 fully saturated rings. The number of rotatable bonds is 5. The Morgan fingerprint density at radius 2 is 2.54 bits per heavy atom. The summed E-state index contributed by atoms with van der Waals surface area (Å²) in [4.78, 5) is 0. The first kappa shape index (κ1) is 10.5. The fourth-order valence-corrected chi connectivity index (χ4v) is 1.58. The third-order valence-electron chi connectivity index (χ3n) is 2.52. The number of hydrogen-bond donors (Lipinski definition) is 1. The highest BCUT2D eigenvalue weighted by Crippen LogP contribution is 2.12. The second-order valence-electron chi connectivity index (χ2n) is 3.54. The molecule has 0 bridgehead atoms. The molecule has 13 heavy (non-hydrogen) atoms. The van der Waals surface area contributed by atoms with Gasteiger partial charge in [0, 0.05) is 6.61 Å². The molecule has 0 radical (unpaired) electrons. The van der Waals surface area contributed by atoms with Crippen LogP contribution in [0.5, 0.6) is 0 Å². The molecule has 0 spiro atoms. The van der Waals surface area contributed by atoms with Crippen LogP contribution in [0.15, 0.2) is 0 Å². The SMILES string of the molecule is CCC(C#N)OCCC1CCNC1. The van der Waals surface area contributed by atoms with E-state index in [0.717, 1.165) is 38.5 Å². The van der Waals surface area contributed by atoms with Crippen molar-refractivity contribution in [3.8, 4) is 6.07 Å². The van der Waals surface area contributed by atoms with Crippen molar-refractivity contribution in [2.45, 2.75) is 32.3 Å². The highest BCUT2D eigenvalue weighted by atomic mass is 16.5. The summed E-state index contributed by atoms with van der Waals surface area (Å²) in [6.45, 7) is 4.97. The summed E-state index contributed by atoms with van der Waals surface area (Å²) in [6, 6.07) is 2.14. The van der Waals surface area contributed by atoms with Gasteiger partial charge in [-0.25, -0.2) is 0 Å². The molecule has 1 aliphatic rings. The van der Waals surface area contributed by atoms with Crippen LogP contribution in [0.25, 0.3) is 0 Å². The smallest absolute Gasteiger partial charge is 0.143 e. The molecule has 0 aliphatic carbocycles. The third kappa shape index (κ3) is 3.75. The van der Waals surface area contributed by atoms with Gasteiger partial charge in [-0.3, -0.25) is 0 Å². The van der Waals surface area contributed by atoms with Crippen LogP contribution in [0.2, 0.25) is 0 Å². The molecule has 0 saturated carbocycles. The molecule has 3 heteroatoms. The number of nitrogens with one attached hydrogen (secondary N) is 1. The summed E-state index contributed by atoms with van der Waals surface area (Å²) in [5, 5.41) is 11.9. The minimum absolute atomic E-state index is 0.200. The Bertz CT molecular complexity index is 170. The molecule has 0 aromatic rings. The molecule has 1 heterocycles. The van der Waals surface area contributed by atoms with E-state index < -0.39 is 0 Å². The highest BCUT2D eigenvalue weighted by Gasteiger charge is 2.14. The molecule has 0 amide bonds. The Morgan fingerprint density at radius 1 is 1.69 bits per heavy atom. The van der Waals surface area contributed by atoms with Gasteiger partial charge in [0.15, 0.2) is 0 Å². The molecule has 1 N–H and O–H groups in total. The fourth-order valence-electron chi connectivity index (χ4n) is 1.58. The lowest BCUT2D eigenvalue weighted by molar-refractivity contribution is 0.0781. The van der Waals surface area contributed by atoms with Crippen molar-refractivity contribution in [2.75, 3.05) is 19.7 Å². The van der Waals surface area contributed by atoms with Gasteiger partial charge in [-0.1, -0.05) is 6.92 Å². The number of nitriles is 1. The number of ether oxygens (including phenoxy) is 1. The van der Waals surface area contributed by atoms with Gasteiger partial charge in [0.2, 0.25) is 0 Å². The third-order valence-corrected chi connectivity index (χ3v) is 2.52.